The van der Waals surface area contributed by atoms with Gasteiger partial charge in [-0.15, -0.1) is 0 Å². The van der Waals surface area contributed by atoms with E-state index in [9.17, 15) is 34.2 Å². The summed E-state index contributed by atoms with van der Waals surface area (Å²) in [4.78, 5) is 60.3. The molecule has 0 aliphatic rings. The Balaban J connectivity index is 5.57. The molecule has 12 nitrogen and oxygen atoms in total. The molecule has 0 aliphatic carbocycles. The normalized spacial score (nSPS) is 16.6. The van der Waals surface area contributed by atoms with E-state index in [-0.39, 0.29) is 24.7 Å². The van der Waals surface area contributed by atoms with Crippen molar-refractivity contribution >= 4 is 29.7 Å². The number of nitrogens with two attached hydrogens (primary N) is 1. The summed E-state index contributed by atoms with van der Waals surface area (Å²) in [6, 6.07) is -4.84. The molecular formula is C21H38N4O8. The number of hydrogen-bond acceptors (Lipinski definition) is 7. The molecule has 0 spiro atoms. The molecular weight excluding hydrogens is 436 g/mol. The lowest BCUT2D eigenvalue weighted by Gasteiger charge is -2.28. The van der Waals surface area contributed by atoms with Gasteiger partial charge in [0.25, 0.3) is 0 Å². The average molecular weight is 475 g/mol. The minimum atomic E-state index is -1.44. The quantitative estimate of drug-likeness (QED) is 0.158. The van der Waals surface area contributed by atoms with Gasteiger partial charge in [0, 0.05) is 6.42 Å². The Hall–Kier alpha value is -2.73. The first-order valence-corrected chi connectivity index (χ1v) is 11.0. The first-order chi connectivity index (χ1) is 15.2. The Kier molecular flexibility index (Phi) is 13.2. The van der Waals surface area contributed by atoms with E-state index >= 15 is 0 Å². The maximum atomic E-state index is 13.0. The number of carboxylic acid groups (broad SMARTS) is 2. The molecule has 6 unspecified atom stereocenters. The monoisotopic (exact) mass is 474 g/mol. The largest absolute Gasteiger partial charge is 0.481 e. The average Bonchev–Trinajstić information content (AvgIpc) is 2.71. The second kappa shape index (κ2) is 14.4. The number of rotatable bonds is 15. The SMILES string of the molecule is CCC(C)C(NC(=O)C(N)C(C)O)C(=O)NC(CC(C)C)C(=O)NC(CCC(=O)O)C(=O)O. The Bertz CT molecular complexity index is 698. The molecule has 0 aromatic heterocycles. The lowest BCUT2D eigenvalue weighted by molar-refractivity contribution is -0.143. The Morgan fingerprint density at radius 1 is 0.848 bits per heavy atom. The zero-order chi connectivity index (χ0) is 25.9. The summed E-state index contributed by atoms with van der Waals surface area (Å²) >= 11 is 0. The van der Waals surface area contributed by atoms with E-state index < -0.39 is 66.4 Å². The van der Waals surface area contributed by atoms with Crippen LogP contribution in [0.2, 0.25) is 0 Å². The molecule has 8 N–H and O–H groups in total. The number of carboxylic acids is 2. The highest BCUT2D eigenvalue weighted by Gasteiger charge is 2.33. The van der Waals surface area contributed by atoms with Crippen molar-refractivity contribution in [2.24, 2.45) is 17.6 Å². The molecule has 0 aliphatic heterocycles. The Morgan fingerprint density at radius 2 is 1.39 bits per heavy atom. The van der Waals surface area contributed by atoms with Gasteiger partial charge in [0.1, 0.15) is 24.2 Å². The number of hydrogen-bond donors (Lipinski definition) is 7. The number of aliphatic hydroxyl groups excluding tert-OH is 1. The van der Waals surface area contributed by atoms with E-state index in [0.717, 1.165) is 0 Å². The summed E-state index contributed by atoms with van der Waals surface area (Å²) in [5, 5.41) is 35.0. The van der Waals surface area contributed by atoms with Gasteiger partial charge in [-0.05, 0) is 31.6 Å². The molecule has 0 aromatic rings. The fourth-order valence-corrected chi connectivity index (χ4v) is 2.93. The van der Waals surface area contributed by atoms with Gasteiger partial charge in [0.15, 0.2) is 0 Å². The van der Waals surface area contributed by atoms with Gasteiger partial charge in [-0.25, -0.2) is 4.79 Å². The summed E-state index contributed by atoms with van der Waals surface area (Å²) < 4.78 is 0. The van der Waals surface area contributed by atoms with Crippen LogP contribution < -0.4 is 21.7 Å². The van der Waals surface area contributed by atoms with Crippen molar-refractivity contribution in [3.05, 3.63) is 0 Å². The molecule has 0 rings (SSSR count). The van der Waals surface area contributed by atoms with Gasteiger partial charge < -0.3 is 37.0 Å². The van der Waals surface area contributed by atoms with Gasteiger partial charge in [-0.1, -0.05) is 34.1 Å². The topological polar surface area (TPSA) is 208 Å². The fourth-order valence-electron chi connectivity index (χ4n) is 2.93. The molecule has 0 saturated carbocycles. The molecule has 0 bridgehead atoms. The van der Waals surface area contributed by atoms with Crippen molar-refractivity contribution in [2.45, 2.75) is 90.6 Å². The summed E-state index contributed by atoms with van der Waals surface area (Å²) in [6.07, 6.45) is -1.22. The third kappa shape index (κ3) is 11.1. The molecule has 0 radical (unpaired) electrons. The van der Waals surface area contributed by atoms with Gasteiger partial charge in [-0.3, -0.25) is 19.2 Å². The summed E-state index contributed by atoms with van der Waals surface area (Å²) in [6.45, 7) is 8.49. The lowest BCUT2D eigenvalue weighted by atomic mass is 9.96. The minimum Gasteiger partial charge on any atom is -0.481 e. The summed E-state index contributed by atoms with van der Waals surface area (Å²) in [5.74, 6) is -5.14. The molecule has 33 heavy (non-hydrogen) atoms. The van der Waals surface area contributed by atoms with Crippen molar-refractivity contribution in [1.29, 1.82) is 0 Å². The predicted octanol–water partition coefficient (Wildman–Crippen LogP) is -0.809. The first kappa shape index (κ1) is 30.3. The van der Waals surface area contributed by atoms with Crippen LogP contribution in [0, 0.1) is 11.8 Å². The minimum absolute atomic E-state index is 0.0522. The Labute approximate surface area is 193 Å². The maximum Gasteiger partial charge on any atom is 0.326 e. The highest BCUT2D eigenvalue weighted by molar-refractivity contribution is 5.94. The molecule has 0 aromatic carbocycles. The van der Waals surface area contributed by atoms with Crippen LogP contribution in [-0.4, -0.2) is 75.3 Å². The lowest BCUT2D eigenvalue weighted by Crippen LogP contribution is -2.59. The van der Waals surface area contributed by atoms with Crippen molar-refractivity contribution in [1.82, 2.24) is 16.0 Å². The van der Waals surface area contributed by atoms with Crippen LogP contribution in [0.5, 0.6) is 0 Å². The maximum absolute atomic E-state index is 13.0. The highest BCUT2D eigenvalue weighted by Crippen LogP contribution is 2.12. The number of carbonyl (C=O) groups excluding carboxylic acids is 3. The number of carbonyl (C=O) groups is 5. The number of nitrogens with one attached hydrogen (secondary N) is 3. The molecule has 190 valence electrons. The molecule has 0 fully saturated rings. The van der Waals surface area contributed by atoms with E-state index in [1.807, 2.05) is 6.92 Å². The van der Waals surface area contributed by atoms with Crippen molar-refractivity contribution in [2.75, 3.05) is 0 Å². The van der Waals surface area contributed by atoms with Crippen LogP contribution in [0.25, 0.3) is 0 Å². The van der Waals surface area contributed by atoms with Gasteiger partial charge >= 0.3 is 11.9 Å². The smallest absolute Gasteiger partial charge is 0.326 e. The second-order valence-corrected chi connectivity index (χ2v) is 8.66. The number of aliphatic hydroxyl groups is 1. The van der Waals surface area contributed by atoms with Gasteiger partial charge in [0.2, 0.25) is 17.7 Å². The summed E-state index contributed by atoms with van der Waals surface area (Å²) in [7, 11) is 0. The van der Waals surface area contributed by atoms with Crippen molar-refractivity contribution < 1.29 is 39.3 Å². The third-order valence-corrected chi connectivity index (χ3v) is 5.22. The van der Waals surface area contributed by atoms with Gasteiger partial charge in [0.05, 0.1) is 6.10 Å². The predicted molar refractivity (Wildman–Crippen MR) is 119 cm³/mol. The van der Waals surface area contributed by atoms with Crippen LogP contribution in [0.15, 0.2) is 0 Å². The molecule has 12 heteroatoms. The van der Waals surface area contributed by atoms with Crippen LogP contribution in [-0.2, 0) is 24.0 Å². The van der Waals surface area contributed by atoms with Crippen LogP contribution >= 0.6 is 0 Å². The van der Waals surface area contributed by atoms with Crippen LogP contribution in [0.3, 0.4) is 0 Å². The molecule has 3 amide bonds. The zero-order valence-corrected chi connectivity index (χ0v) is 19.8. The Morgan fingerprint density at radius 3 is 1.82 bits per heavy atom. The van der Waals surface area contributed by atoms with E-state index in [1.165, 1.54) is 6.92 Å². The van der Waals surface area contributed by atoms with E-state index in [4.69, 9.17) is 10.8 Å². The van der Waals surface area contributed by atoms with Crippen molar-refractivity contribution in [3.63, 3.8) is 0 Å². The molecule has 0 saturated heterocycles. The second-order valence-electron chi connectivity index (χ2n) is 8.66. The van der Waals surface area contributed by atoms with E-state index in [2.05, 4.69) is 16.0 Å². The van der Waals surface area contributed by atoms with Crippen LogP contribution in [0.4, 0.5) is 0 Å². The molecule has 0 heterocycles. The zero-order valence-electron chi connectivity index (χ0n) is 19.8. The van der Waals surface area contributed by atoms with E-state index in [1.54, 1.807) is 20.8 Å². The number of aliphatic carboxylic acids is 2. The fraction of sp³-hybridized carbons (Fsp3) is 0.762. The van der Waals surface area contributed by atoms with Crippen molar-refractivity contribution in [3.8, 4) is 0 Å². The highest BCUT2D eigenvalue weighted by atomic mass is 16.4. The van der Waals surface area contributed by atoms with Crippen LogP contribution in [0.1, 0.15) is 60.3 Å². The van der Waals surface area contributed by atoms with Gasteiger partial charge in [-0.2, -0.15) is 0 Å². The number of amides is 3. The summed E-state index contributed by atoms with van der Waals surface area (Å²) in [5.41, 5.74) is 5.64. The first-order valence-electron chi connectivity index (χ1n) is 11.0. The van der Waals surface area contributed by atoms with E-state index in [0.29, 0.717) is 6.42 Å². The molecule has 6 atom stereocenters. The third-order valence-electron chi connectivity index (χ3n) is 5.22. The standard InChI is InChI=1S/C21H38N4O8/c1-6-11(4)17(25-19(30)16(22)12(5)26)20(31)24-14(9-10(2)3)18(29)23-13(21(32)33)7-8-15(27)28/h10-14,16-17,26H,6-9,22H2,1-5H3,(H,23,29)(H,24,31)(H,25,30)(H,27,28)(H,32,33).